The first kappa shape index (κ1) is 19.0. The summed E-state index contributed by atoms with van der Waals surface area (Å²) in [4.78, 5) is 10.8. The van der Waals surface area contributed by atoms with Crippen LogP contribution in [0.5, 0.6) is 0 Å². The SMILES string of the molecule is CC(C)(C)c1ccc(CS[C@H](C[N+](=O)[O-])c2ccc(Br)cc2)cc1. The van der Waals surface area contributed by atoms with Gasteiger partial charge in [-0.15, -0.1) is 11.8 Å². The minimum Gasteiger partial charge on any atom is -0.264 e. The molecular weight excluding hydrogens is 386 g/mol. The van der Waals surface area contributed by atoms with Crippen LogP contribution in [-0.2, 0) is 11.2 Å². The highest BCUT2D eigenvalue weighted by molar-refractivity contribution is 9.10. The molecule has 3 nitrogen and oxygen atoms in total. The Labute approximate surface area is 156 Å². The lowest BCUT2D eigenvalue weighted by Crippen LogP contribution is -2.11. The number of nitrogens with zero attached hydrogens (tertiary/aromatic N) is 1. The van der Waals surface area contributed by atoms with E-state index in [0.29, 0.717) is 0 Å². The third kappa shape index (κ3) is 5.64. The zero-order valence-electron chi connectivity index (χ0n) is 14.2. The van der Waals surface area contributed by atoms with Crippen LogP contribution in [0.2, 0.25) is 0 Å². The topological polar surface area (TPSA) is 43.1 Å². The van der Waals surface area contributed by atoms with Gasteiger partial charge in [-0.25, -0.2) is 0 Å². The molecule has 0 radical (unpaired) electrons. The van der Waals surface area contributed by atoms with Crippen LogP contribution >= 0.6 is 27.7 Å². The maximum absolute atomic E-state index is 11.0. The van der Waals surface area contributed by atoms with Crippen molar-refractivity contribution in [3.05, 3.63) is 79.8 Å². The molecule has 0 saturated heterocycles. The molecule has 0 N–H and O–H groups in total. The van der Waals surface area contributed by atoms with Gasteiger partial charge in [-0.05, 0) is 34.2 Å². The zero-order chi connectivity index (χ0) is 17.7. The molecule has 0 spiro atoms. The van der Waals surface area contributed by atoms with Crippen LogP contribution in [0.3, 0.4) is 0 Å². The fraction of sp³-hybridized carbons (Fsp3) is 0.368. The summed E-state index contributed by atoms with van der Waals surface area (Å²) in [5.74, 6) is 0.763. The van der Waals surface area contributed by atoms with Crippen molar-refractivity contribution in [2.75, 3.05) is 6.54 Å². The maximum atomic E-state index is 11.0. The average Bonchev–Trinajstić information content (AvgIpc) is 2.51. The van der Waals surface area contributed by atoms with Gasteiger partial charge in [-0.1, -0.05) is 73.1 Å². The molecule has 0 aliphatic rings. The molecule has 0 fully saturated rings. The second-order valence-corrected chi connectivity index (χ2v) is 8.92. The van der Waals surface area contributed by atoms with Gasteiger partial charge in [-0.3, -0.25) is 10.1 Å². The Morgan fingerprint density at radius 2 is 1.67 bits per heavy atom. The highest BCUT2D eigenvalue weighted by atomic mass is 79.9. The molecular formula is C19H22BrNO2S. The third-order valence-electron chi connectivity index (χ3n) is 3.83. The quantitative estimate of drug-likeness (QED) is 0.435. The van der Waals surface area contributed by atoms with E-state index in [1.165, 1.54) is 11.1 Å². The van der Waals surface area contributed by atoms with Gasteiger partial charge in [-0.2, -0.15) is 0 Å². The van der Waals surface area contributed by atoms with Crippen molar-refractivity contribution < 1.29 is 4.92 Å². The maximum Gasteiger partial charge on any atom is 0.219 e. The summed E-state index contributed by atoms with van der Waals surface area (Å²) in [7, 11) is 0. The molecule has 128 valence electrons. The predicted molar refractivity (Wildman–Crippen MR) is 105 cm³/mol. The number of thioether (sulfide) groups is 1. The van der Waals surface area contributed by atoms with Crippen LogP contribution in [0.15, 0.2) is 53.0 Å². The average molecular weight is 408 g/mol. The Bertz CT molecular complexity index is 678. The molecule has 24 heavy (non-hydrogen) atoms. The lowest BCUT2D eigenvalue weighted by atomic mass is 9.87. The molecule has 0 unspecified atom stereocenters. The van der Waals surface area contributed by atoms with Crippen molar-refractivity contribution >= 4 is 27.7 Å². The molecule has 0 aliphatic carbocycles. The van der Waals surface area contributed by atoms with E-state index in [9.17, 15) is 10.1 Å². The van der Waals surface area contributed by atoms with E-state index in [1.807, 2.05) is 24.3 Å². The van der Waals surface area contributed by atoms with E-state index in [0.717, 1.165) is 15.8 Å². The lowest BCUT2D eigenvalue weighted by Gasteiger charge is -2.19. The molecule has 0 amide bonds. The summed E-state index contributed by atoms with van der Waals surface area (Å²) in [6.45, 7) is 6.51. The van der Waals surface area contributed by atoms with E-state index in [-0.39, 0.29) is 22.1 Å². The number of halogens is 1. The van der Waals surface area contributed by atoms with E-state index in [2.05, 4.69) is 61.0 Å². The van der Waals surface area contributed by atoms with Crippen LogP contribution in [0, 0.1) is 10.1 Å². The molecule has 0 saturated carbocycles. The van der Waals surface area contributed by atoms with Gasteiger partial charge in [0.05, 0.1) is 5.25 Å². The van der Waals surface area contributed by atoms with Gasteiger partial charge in [0, 0.05) is 15.1 Å². The van der Waals surface area contributed by atoms with E-state index in [1.54, 1.807) is 11.8 Å². The van der Waals surface area contributed by atoms with Gasteiger partial charge >= 0.3 is 0 Å². The second-order valence-electron chi connectivity index (χ2n) is 6.81. The van der Waals surface area contributed by atoms with Gasteiger partial charge < -0.3 is 0 Å². The number of nitro groups is 1. The Morgan fingerprint density at radius 3 is 2.17 bits per heavy atom. The van der Waals surface area contributed by atoms with E-state index >= 15 is 0 Å². The Balaban J connectivity index is 2.07. The predicted octanol–water partition coefficient (Wildman–Crippen LogP) is 6.00. The first-order valence-electron chi connectivity index (χ1n) is 7.84. The van der Waals surface area contributed by atoms with Gasteiger partial charge in [0.2, 0.25) is 6.54 Å². The third-order valence-corrected chi connectivity index (χ3v) is 5.68. The zero-order valence-corrected chi connectivity index (χ0v) is 16.6. The van der Waals surface area contributed by atoms with Crippen molar-refractivity contribution in [3.8, 4) is 0 Å². The van der Waals surface area contributed by atoms with Crippen LogP contribution in [0.1, 0.15) is 42.7 Å². The molecule has 0 heterocycles. The van der Waals surface area contributed by atoms with Gasteiger partial charge in [0.1, 0.15) is 0 Å². The molecule has 0 aromatic heterocycles. The van der Waals surface area contributed by atoms with Crippen molar-refractivity contribution in [2.45, 2.75) is 37.2 Å². The monoisotopic (exact) mass is 407 g/mol. The van der Waals surface area contributed by atoms with E-state index in [4.69, 9.17) is 0 Å². The Hall–Kier alpha value is -1.33. The molecule has 1 atom stereocenters. The van der Waals surface area contributed by atoms with Crippen molar-refractivity contribution in [2.24, 2.45) is 0 Å². The lowest BCUT2D eigenvalue weighted by molar-refractivity contribution is -0.479. The Morgan fingerprint density at radius 1 is 1.08 bits per heavy atom. The summed E-state index contributed by atoms with van der Waals surface area (Å²) in [5.41, 5.74) is 3.62. The standard InChI is InChI=1S/C19H22BrNO2S/c1-19(2,3)16-8-4-14(5-9-16)13-24-18(12-21(22)23)15-6-10-17(20)11-7-15/h4-11,18H,12-13H2,1-3H3/t18-/m1/s1. The van der Waals surface area contributed by atoms with Crippen molar-refractivity contribution in [1.82, 2.24) is 0 Å². The summed E-state index contributed by atoms with van der Waals surface area (Å²) >= 11 is 5.02. The first-order chi connectivity index (χ1) is 11.3. The Kier molecular flexibility index (Phi) is 6.47. The molecule has 2 aromatic rings. The van der Waals surface area contributed by atoms with Crippen LogP contribution in [0.25, 0.3) is 0 Å². The first-order valence-corrected chi connectivity index (χ1v) is 9.68. The summed E-state index contributed by atoms with van der Waals surface area (Å²) in [6.07, 6.45) is 0. The van der Waals surface area contributed by atoms with Gasteiger partial charge in [0.25, 0.3) is 0 Å². The van der Waals surface area contributed by atoms with Crippen LogP contribution in [-0.4, -0.2) is 11.5 Å². The molecule has 0 bridgehead atoms. The van der Waals surface area contributed by atoms with Crippen LogP contribution in [0.4, 0.5) is 0 Å². The summed E-state index contributed by atoms with van der Waals surface area (Å²) in [5, 5.41) is 10.9. The highest BCUT2D eigenvalue weighted by Crippen LogP contribution is 2.33. The number of benzene rings is 2. The smallest absolute Gasteiger partial charge is 0.219 e. The largest absolute Gasteiger partial charge is 0.264 e. The van der Waals surface area contributed by atoms with Gasteiger partial charge in [0.15, 0.2) is 0 Å². The minimum atomic E-state index is -0.234. The minimum absolute atomic E-state index is 0.0631. The fourth-order valence-electron chi connectivity index (χ4n) is 2.36. The number of hydrogen-bond acceptors (Lipinski definition) is 3. The van der Waals surface area contributed by atoms with Crippen molar-refractivity contribution in [1.29, 1.82) is 0 Å². The molecule has 2 aromatic carbocycles. The molecule has 2 rings (SSSR count). The summed E-state index contributed by atoms with van der Waals surface area (Å²) < 4.78 is 0.980. The molecule has 0 aliphatic heterocycles. The van der Waals surface area contributed by atoms with E-state index < -0.39 is 0 Å². The number of rotatable bonds is 6. The normalized spacial score (nSPS) is 12.8. The summed E-state index contributed by atoms with van der Waals surface area (Å²) in [6, 6.07) is 16.3. The van der Waals surface area contributed by atoms with Crippen molar-refractivity contribution in [3.63, 3.8) is 0 Å². The number of hydrogen-bond donors (Lipinski definition) is 0. The van der Waals surface area contributed by atoms with Crippen LogP contribution < -0.4 is 0 Å². The fourth-order valence-corrected chi connectivity index (χ4v) is 3.79. The molecule has 5 heteroatoms. The highest BCUT2D eigenvalue weighted by Gasteiger charge is 2.19. The second kappa shape index (κ2) is 8.17.